The minimum Gasteiger partial charge on any atom is -0.465 e. The molecule has 4 heterocycles. The van der Waals surface area contributed by atoms with Crippen LogP contribution < -0.4 is 10.6 Å². The molecule has 11 nitrogen and oxygen atoms in total. The summed E-state index contributed by atoms with van der Waals surface area (Å²) in [5.74, 6) is 0.770. The number of aromatic nitrogens is 4. The Hall–Kier alpha value is -3.67. The van der Waals surface area contributed by atoms with Crippen LogP contribution in [-0.2, 0) is 4.79 Å². The standard InChI is InChI=1S/C19H16BrN7O4/c20-14-6-5-13(31-14)15-24-16-10-3-1-2-4-11(10)22-18(27(16)25-15)23-12-9-26(19(29)30)8-7-21-17(12)28/h1-6,12H,7-9H2,(H,21,28)(H,22,23)(H,29,30)/t12-/m1/s1. The monoisotopic (exact) mass is 485 g/mol. The summed E-state index contributed by atoms with van der Waals surface area (Å²) < 4.78 is 7.62. The number of anilines is 1. The molecule has 3 N–H and O–H groups in total. The van der Waals surface area contributed by atoms with Crippen molar-refractivity contribution in [2.45, 2.75) is 6.04 Å². The van der Waals surface area contributed by atoms with Gasteiger partial charge in [-0.25, -0.2) is 14.8 Å². The number of carbonyl (C=O) groups is 2. The SMILES string of the molecule is O=C1NCCN(C(=O)O)C[C@H]1Nc1nc2ccccc2c2nc(-c3ccc(Br)o3)nn12. The number of rotatable bonds is 3. The zero-order valence-corrected chi connectivity index (χ0v) is 17.5. The van der Waals surface area contributed by atoms with Crippen LogP contribution in [0.3, 0.4) is 0 Å². The average Bonchev–Trinajstić information content (AvgIpc) is 3.34. The number of halogens is 1. The molecule has 0 radical (unpaired) electrons. The lowest BCUT2D eigenvalue weighted by atomic mass is 10.2. The lowest BCUT2D eigenvalue weighted by Gasteiger charge is -2.21. The first-order valence-electron chi connectivity index (χ1n) is 9.43. The third-order valence-electron chi connectivity index (χ3n) is 4.95. The van der Waals surface area contributed by atoms with Crippen molar-refractivity contribution in [2.24, 2.45) is 0 Å². The van der Waals surface area contributed by atoms with Gasteiger partial charge in [0.2, 0.25) is 17.7 Å². The molecule has 1 atom stereocenters. The number of hydrogen-bond donors (Lipinski definition) is 3. The third-order valence-corrected chi connectivity index (χ3v) is 5.37. The van der Waals surface area contributed by atoms with Crippen molar-refractivity contribution < 1.29 is 19.1 Å². The highest BCUT2D eigenvalue weighted by Gasteiger charge is 2.29. The summed E-state index contributed by atoms with van der Waals surface area (Å²) in [6.45, 7) is 0.426. The van der Waals surface area contributed by atoms with Crippen molar-refractivity contribution in [3.05, 3.63) is 41.1 Å². The number of amides is 2. The maximum Gasteiger partial charge on any atom is 0.407 e. The molecule has 1 aliphatic heterocycles. The number of para-hydroxylation sites is 1. The van der Waals surface area contributed by atoms with Gasteiger partial charge in [0, 0.05) is 18.5 Å². The van der Waals surface area contributed by atoms with Crippen LogP contribution in [0.2, 0.25) is 0 Å². The van der Waals surface area contributed by atoms with Crippen molar-refractivity contribution >= 4 is 50.4 Å². The second-order valence-corrected chi connectivity index (χ2v) is 7.73. The zero-order chi connectivity index (χ0) is 21.5. The van der Waals surface area contributed by atoms with Gasteiger partial charge >= 0.3 is 6.09 Å². The van der Waals surface area contributed by atoms with Gasteiger partial charge in [-0.2, -0.15) is 4.52 Å². The van der Waals surface area contributed by atoms with Crippen LogP contribution in [0, 0.1) is 0 Å². The fraction of sp³-hybridized carbons (Fsp3) is 0.211. The summed E-state index contributed by atoms with van der Waals surface area (Å²) in [4.78, 5) is 34.4. The van der Waals surface area contributed by atoms with E-state index in [9.17, 15) is 14.7 Å². The van der Waals surface area contributed by atoms with E-state index in [1.807, 2.05) is 24.3 Å². The third kappa shape index (κ3) is 3.54. The van der Waals surface area contributed by atoms with Crippen LogP contribution in [-0.4, -0.2) is 67.3 Å². The van der Waals surface area contributed by atoms with Gasteiger partial charge in [0.15, 0.2) is 16.1 Å². The lowest BCUT2D eigenvalue weighted by Crippen LogP contribution is -2.44. The second-order valence-electron chi connectivity index (χ2n) is 6.94. The van der Waals surface area contributed by atoms with Gasteiger partial charge in [-0.3, -0.25) is 4.79 Å². The van der Waals surface area contributed by atoms with Gasteiger partial charge in [-0.15, -0.1) is 5.10 Å². The molecule has 1 aromatic carbocycles. The summed E-state index contributed by atoms with van der Waals surface area (Å²) >= 11 is 3.27. The molecular formula is C19H16BrN7O4. The summed E-state index contributed by atoms with van der Waals surface area (Å²) in [6, 6.07) is 10.1. The Morgan fingerprint density at radius 3 is 2.87 bits per heavy atom. The van der Waals surface area contributed by atoms with Gasteiger partial charge in [0.1, 0.15) is 6.04 Å². The van der Waals surface area contributed by atoms with Gasteiger partial charge in [0.25, 0.3) is 0 Å². The highest BCUT2D eigenvalue weighted by Crippen LogP contribution is 2.27. The number of carbonyl (C=O) groups excluding carboxylic acids is 1. The number of nitrogens with one attached hydrogen (secondary N) is 2. The van der Waals surface area contributed by atoms with E-state index in [0.717, 1.165) is 5.39 Å². The molecule has 4 aromatic rings. The van der Waals surface area contributed by atoms with Crippen LogP contribution in [0.25, 0.3) is 28.1 Å². The predicted octanol–water partition coefficient (Wildman–Crippen LogP) is 2.19. The molecule has 5 rings (SSSR count). The Morgan fingerprint density at radius 1 is 1.26 bits per heavy atom. The number of benzene rings is 1. The van der Waals surface area contributed by atoms with E-state index in [2.05, 4.69) is 41.6 Å². The quantitative estimate of drug-likeness (QED) is 0.401. The molecule has 0 bridgehead atoms. The van der Waals surface area contributed by atoms with Gasteiger partial charge in [-0.1, -0.05) is 12.1 Å². The van der Waals surface area contributed by atoms with Crippen LogP contribution in [0.4, 0.5) is 10.7 Å². The second kappa shape index (κ2) is 7.54. The van der Waals surface area contributed by atoms with E-state index in [1.54, 1.807) is 12.1 Å². The lowest BCUT2D eigenvalue weighted by molar-refractivity contribution is -0.121. The highest BCUT2D eigenvalue weighted by atomic mass is 79.9. The summed E-state index contributed by atoms with van der Waals surface area (Å²) in [7, 11) is 0. The molecule has 3 aromatic heterocycles. The Balaban J connectivity index is 1.62. The van der Waals surface area contributed by atoms with Crippen molar-refractivity contribution in [1.29, 1.82) is 0 Å². The minimum absolute atomic E-state index is 0.0240. The fourth-order valence-electron chi connectivity index (χ4n) is 3.46. The van der Waals surface area contributed by atoms with Crippen LogP contribution >= 0.6 is 15.9 Å². The van der Waals surface area contributed by atoms with E-state index in [4.69, 9.17) is 4.42 Å². The predicted molar refractivity (Wildman–Crippen MR) is 114 cm³/mol. The van der Waals surface area contributed by atoms with Crippen molar-refractivity contribution in [1.82, 2.24) is 29.8 Å². The molecule has 0 spiro atoms. The first-order chi connectivity index (χ1) is 15.0. The Morgan fingerprint density at radius 2 is 2.10 bits per heavy atom. The normalized spacial score (nSPS) is 17.0. The van der Waals surface area contributed by atoms with E-state index >= 15 is 0 Å². The van der Waals surface area contributed by atoms with Crippen molar-refractivity contribution in [2.75, 3.05) is 25.0 Å². The molecule has 1 aliphatic rings. The number of nitrogens with zero attached hydrogens (tertiary/aromatic N) is 5. The number of hydrogen-bond acceptors (Lipinski definition) is 7. The molecule has 0 aliphatic carbocycles. The van der Waals surface area contributed by atoms with Crippen LogP contribution in [0.5, 0.6) is 0 Å². The van der Waals surface area contributed by atoms with Crippen molar-refractivity contribution in [3.8, 4) is 11.6 Å². The molecule has 12 heteroatoms. The van der Waals surface area contributed by atoms with Gasteiger partial charge in [0.05, 0.1) is 12.1 Å². The minimum atomic E-state index is -1.09. The molecule has 0 unspecified atom stereocenters. The zero-order valence-electron chi connectivity index (χ0n) is 15.9. The highest BCUT2D eigenvalue weighted by molar-refractivity contribution is 9.10. The fourth-order valence-corrected chi connectivity index (χ4v) is 3.77. The van der Waals surface area contributed by atoms with E-state index in [0.29, 0.717) is 27.4 Å². The van der Waals surface area contributed by atoms with E-state index in [1.165, 1.54) is 9.42 Å². The van der Waals surface area contributed by atoms with Gasteiger partial charge < -0.3 is 25.1 Å². The molecule has 31 heavy (non-hydrogen) atoms. The maximum atomic E-state index is 12.5. The Bertz CT molecular complexity index is 1320. The van der Waals surface area contributed by atoms with Crippen LogP contribution in [0.1, 0.15) is 0 Å². The first kappa shape index (κ1) is 19.3. The summed E-state index contributed by atoms with van der Waals surface area (Å²) in [5.41, 5.74) is 1.18. The average molecular weight is 486 g/mol. The maximum absolute atomic E-state index is 12.5. The Labute approximate surface area is 183 Å². The molecule has 1 saturated heterocycles. The van der Waals surface area contributed by atoms with Crippen molar-refractivity contribution in [3.63, 3.8) is 0 Å². The number of furan rings is 1. The first-order valence-corrected chi connectivity index (χ1v) is 10.2. The number of fused-ring (bicyclic) bond motifs is 3. The summed E-state index contributed by atoms with van der Waals surface area (Å²) in [5, 5.41) is 20.4. The topological polar surface area (TPSA) is 138 Å². The smallest absolute Gasteiger partial charge is 0.407 e. The van der Waals surface area contributed by atoms with E-state index < -0.39 is 12.1 Å². The molecule has 158 valence electrons. The molecular weight excluding hydrogens is 470 g/mol. The molecule has 1 fully saturated rings. The van der Waals surface area contributed by atoms with Crippen LogP contribution in [0.15, 0.2) is 45.5 Å². The Kier molecular flexibility index (Phi) is 4.70. The number of carboxylic acid groups (broad SMARTS) is 1. The largest absolute Gasteiger partial charge is 0.465 e. The van der Waals surface area contributed by atoms with E-state index in [-0.39, 0.29) is 31.5 Å². The van der Waals surface area contributed by atoms with Gasteiger partial charge in [-0.05, 0) is 40.2 Å². The molecule has 2 amide bonds. The summed E-state index contributed by atoms with van der Waals surface area (Å²) in [6.07, 6.45) is -1.09. The molecule has 0 saturated carbocycles.